The molecule has 0 aliphatic heterocycles. The molecule has 0 aliphatic rings. The Morgan fingerprint density at radius 1 is 0.889 bits per heavy atom. The smallest absolute Gasteiger partial charge is 0.0740 e. The van der Waals surface area contributed by atoms with Gasteiger partial charge in [-0.25, -0.2) is 0 Å². The predicted molar refractivity (Wildman–Crippen MR) is 117 cm³/mol. The maximum atomic E-state index is 10.5. The molecule has 27 heavy (non-hydrogen) atoms. The van der Waals surface area contributed by atoms with Gasteiger partial charge in [-0.15, -0.1) is 13.2 Å². The summed E-state index contributed by atoms with van der Waals surface area (Å²) in [6, 6.07) is 10.8. The molecule has 1 aromatic carbocycles. The van der Waals surface area contributed by atoms with E-state index in [1.807, 2.05) is 0 Å². The van der Waals surface area contributed by atoms with Gasteiger partial charge in [-0.3, -0.25) is 0 Å². The van der Waals surface area contributed by atoms with Crippen molar-refractivity contribution in [2.75, 3.05) is 0 Å². The third-order valence-corrected chi connectivity index (χ3v) is 5.46. The van der Waals surface area contributed by atoms with E-state index in [-0.39, 0.29) is 0 Å². The first-order chi connectivity index (χ1) is 13.0. The molecule has 0 heterocycles. The average Bonchev–Trinajstić information content (AvgIpc) is 2.64. The monoisotopic (exact) mass is 372 g/mol. The summed E-state index contributed by atoms with van der Waals surface area (Å²) in [5.74, 6) is 0.645. The largest absolute Gasteiger partial charge is 0.393 e. The normalized spacial score (nSPS) is 13.9. The highest BCUT2D eigenvalue weighted by Crippen LogP contribution is 2.25. The standard InChI is InChI=1S/C25H40O2/c1-4-19-25(27,20-5-2)21-24(26)18-14-9-7-6-8-11-15-22(3)23-16-12-10-13-17-23/h4-5,10,12-13,16-17,22,24,26-27H,1-2,6-9,11,14-15,18-21H2,3H3. The van der Waals surface area contributed by atoms with Crippen LogP contribution in [0.4, 0.5) is 0 Å². The number of unbranched alkanes of at least 4 members (excludes halogenated alkanes) is 5. The molecular weight excluding hydrogens is 332 g/mol. The van der Waals surface area contributed by atoms with E-state index >= 15 is 0 Å². The number of aliphatic hydroxyl groups is 2. The Morgan fingerprint density at radius 3 is 1.96 bits per heavy atom. The maximum absolute atomic E-state index is 10.5. The summed E-state index contributed by atoms with van der Waals surface area (Å²) in [6.45, 7) is 9.71. The summed E-state index contributed by atoms with van der Waals surface area (Å²) in [7, 11) is 0. The number of rotatable bonds is 16. The number of hydrogen-bond donors (Lipinski definition) is 2. The summed E-state index contributed by atoms with van der Waals surface area (Å²) in [5.41, 5.74) is 0.553. The van der Waals surface area contributed by atoms with Crippen molar-refractivity contribution in [2.24, 2.45) is 0 Å². The lowest BCUT2D eigenvalue weighted by Gasteiger charge is -2.28. The van der Waals surface area contributed by atoms with Gasteiger partial charge in [-0.2, -0.15) is 0 Å². The molecule has 0 aromatic heterocycles. The Labute approximate surface area is 167 Å². The quantitative estimate of drug-likeness (QED) is 0.255. The second kappa shape index (κ2) is 13.7. The first kappa shape index (κ1) is 23.7. The molecule has 0 saturated heterocycles. The fourth-order valence-electron chi connectivity index (χ4n) is 3.81. The van der Waals surface area contributed by atoms with Crippen LogP contribution in [0.15, 0.2) is 55.6 Å². The van der Waals surface area contributed by atoms with Crippen molar-refractivity contribution in [1.29, 1.82) is 0 Å². The Kier molecular flexibility index (Phi) is 12.0. The van der Waals surface area contributed by atoms with Crippen molar-refractivity contribution in [3.63, 3.8) is 0 Å². The highest BCUT2D eigenvalue weighted by molar-refractivity contribution is 5.18. The highest BCUT2D eigenvalue weighted by atomic mass is 16.3. The summed E-state index contributed by atoms with van der Waals surface area (Å²) in [4.78, 5) is 0. The first-order valence-corrected chi connectivity index (χ1v) is 10.7. The topological polar surface area (TPSA) is 40.5 Å². The predicted octanol–water partition coefficient (Wildman–Crippen LogP) is 6.55. The molecule has 2 heteroatoms. The van der Waals surface area contributed by atoms with Crippen LogP contribution >= 0.6 is 0 Å². The van der Waals surface area contributed by atoms with E-state index in [1.54, 1.807) is 12.2 Å². The van der Waals surface area contributed by atoms with Gasteiger partial charge >= 0.3 is 0 Å². The molecular formula is C25H40O2. The summed E-state index contributed by atoms with van der Waals surface area (Å²) < 4.78 is 0. The molecule has 0 spiro atoms. The van der Waals surface area contributed by atoms with Crippen LogP contribution in [-0.2, 0) is 0 Å². The van der Waals surface area contributed by atoms with Gasteiger partial charge in [0, 0.05) is 6.42 Å². The molecule has 0 amide bonds. The first-order valence-electron chi connectivity index (χ1n) is 10.7. The summed E-state index contributed by atoms with van der Waals surface area (Å²) in [5, 5.41) is 20.7. The van der Waals surface area contributed by atoms with E-state index < -0.39 is 11.7 Å². The molecule has 1 rings (SSSR count). The fourth-order valence-corrected chi connectivity index (χ4v) is 3.81. The Morgan fingerprint density at radius 2 is 1.41 bits per heavy atom. The lowest BCUT2D eigenvalue weighted by atomic mass is 9.87. The van der Waals surface area contributed by atoms with Crippen molar-refractivity contribution in [1.82, 2.24) is 0 Å². The molecule has 2 atom stereocenters. The van der Waals surface area contributed by atoms with Gasteiger partial charge in [-0.05, 0) is 37.2 Å². The van der Waals surface area contributed by atoms with Crippen molar-refractivity contribution in [3.8, 4) is 0 Å². The van der Waals surface area contributed by atoms with Gasteiger partial charge in [0.15, 0.2) is 0 Å². The minimum absolute atomic E-state index is 0.405. The van der Waals surface area contributed by atoms with Gasteiger partial charge in [0.1, 0.15) is 0 Å². The third kappa shape index (κ3) is 10.5. The molecule has 2 unspecified atom stereocenters. The van der Waals surface area contributed by atoms with E-state index in [9.17, 15) is 10.2 Å². The van der Waals surface area contributed by atoms with E-state index in [0.29, 0.717) is 25.2 Å². The van der Waals surface area contributed by atoms with E-state index in [4.69, 9.17) is 0 Å². The molecule has 152 valence electrons. The Balaban J connectivity index is 2.06. The molecule has 2 N–H and O–H groups in total. The van der Waals surface area contributed by atoms with Crippen LogP contribution in [0.5, 0.6) is 0 Å². The van der Waals surface area contributed by atoms with Crippen LogP contribution in [-0.4, -0.2) is 21.9 Å². The van der Waals surface area contributed by atoms with E-state index in [2.05, 4.69) is 50.4 Å². The Bertz CT molecular complexity index is 498. The van der Waals surface area contributed by atoms with Crippen LogP contribution in [0.3, 0.4) is 0 Å². The van der Waals surface area contributed by atoms with Crippen molar-refractivity contribution >= 4 is 0 Å². The molecule has 0 aliphatic carbocycles. The molecule has 2 nitrogen and oxygen atoms in total. The maximum Gasteiger partial charge on any atom is 0.0740 e. The fraction of sp³-hybridized carbons (Fsp3) is 0.600. The summed E-state index contributed by atoms with van der Waals surface area (Å²) in [6.07, 6.45) is 13.7. The van der Waals surface area contributed by atoms with Gasteiger partial charge in [-0.1, -0.05) is 87.9 Å². The van der Waals surface area contributed by atoms with E-state index in [1.165, 1.54) is 37.7 Å². The van der Waals surface area contributed by atoms with Gasteiger partial charge in [0.25, 0.3) is 0 Å². The average molecular weight is 373 g/mol. The zero-order chi connectivity index (χ0) is 20.0. The zero-order valence-corrected chi connectivity index (χ0v) is 17.3. The zero-order valence-electron chi connectivity index (χ0n) is 17.3. The lowest BCUT2D eigenvalue weighted by molar-refractivity contribution is -0.00899. The molecule has 0 fully saturated rings. The molecule has 1 aromatic rings. The van der Waals surface area contributed by atoms with Crippen LogP contribution in [0, 0.1) is 0 Å². The summed E-state index contributed by atoms with van der Waals surface area (Å²) >= 11 is 0. The van der Waals surface area contributed by atoms with Crippen LogP contribution in [0.2, 0.25) is 0 Å². The van der Waals surface area contributed by atoms with Crippen LogP contribution in [0.25, 0.3) is 0 Å². The van der Waals surface area contributed by atoms with Gasteiger partial charge in [0.2, 0.25) is 0 Å². The van der Waals surface area contributed by atoms with Crippen molar-refractivity contribution in [2.45, 2.75) is 95.2 Å². The minimum atomic E-state index is -0.891. The SMILES string of the molecule is C=CCC(O)(CC=C)CC(O)CCCCCCCCC(C)c1ccccc1. The Hall–Kier alpha value is -1.38. The van der Waals surface area contributed by atoms with Crippen LogP contribution in [0.1, 0.15) is 89.0 Å². The molecule has 0 saturated carbocycles. The second-order valence-corrected chi connectivity index (χ2v) is 8.08. The van der Waals surface area contributed by atoms with Crippen LogP contribution < -0.4 is 0 Å². The van der Waals surface area contributed by atoms with Crippen molar-refractivity contribution < 1.29 is 10.2 Å². The van der Waals surface area contributed by atoms with Crippen molar-refractivity contribution in [3.05, 3.63) is 61.2 Å². The third-order valence-electron chi connectivity index (χ3n) is 5.46. The number of aliphatic hydroxyl groups excluding tert-OH is 1. The molecule has 0 bridgehead atoms. The molecule has 0 radical (unpaired) electrons. The second-order valence-electron chi connectivity index (χ2n) is 8.08. The lowest BCUT2D eigenvalue weighted by Crippen LogP contribution is -2.32. The van der Waals surface area contributed by atoms with Gasteiger partial charge in [0.05, 0.1) is 11.7 Å². The number of benzene rings is 1. The highest BCUT2D eigenvalue weighted by Gasteiger charge is 2.26. The van der Waals surface area contributed by atoms with E-state index in [0.717, 1.165) is 19.3 Å². The minimum Gasteiger partial charge on any atom is -0.393 e. The van der Waals surface area contributed by atoms with Gasteiger partial charge < -0.3 is 10.2 Å². The number of hydrogen-bond acceptors (Lipinski definition) is 2.